The predicted molar refractivity (Wildman–Crippen MR) is 91.5 cm³/mol. The smallest absolute Gasteiger partial charge is 0.320 e. The Hall–Kier alpha value is -2.08. The zero-order valence-corrected chi connectivity index (χ0v) is 16.9. The van der Waals surface area contributed by atoms with E-state index in [1.165, 1.54) is 0 Å². The fourth-order valence-electron chi connectivity index (χ4n) is 1.91. The van der Waals surface area contributed by atoms with Crippen molar-refractivity contribution in [3.63, 3.8) is 0 Å². The molecule has 25 heavy (non-hydrogen) atoms. The van der Waals surface area contributed by atoms with Gasteiger partial charge in [0.25, 0.3) is 0 Å². The number of carboxylic acid groups (broad SMARTS) is 2. The van der Waals surface area contributed by atoms with Crippen LogP contribution in [0.25, 0.3) is 0 Å². The van der Waals surface area contributed by atoms with Gasteiger partial charge in [0.15, 0.2) is 0 Å². The first kappa shape index (κ1) is 22.9. The van der Waals surface area contributed by atoms with Crippen molar-refractivity contribution >= 4 is 11.9 Å². The van der Waals surface area contributed by atoms with Gasteiger partial charge >= 0.3 is 11.9 Å². The van der Waals surface area contributed by atoms with Gasteiger partial charge in [-0.15, -0.1) is 0 Å². The number of carboxylic acids is 2. The first-order valence-electron chi connectivity index (χ1n) is 7.44. The van der Waals surface area contributed by atoms with Crippen LogP contribution in [0.5, 0.6) is 0 Å². The van der Waals surface area contributed by atoms with Crippen molar-refractivity contribution in [1.29, 1.82) is 0 Å². The Morgan fingerprint density at radius 3 is 1.24 bits per heavy atom. The first-order valence-corrected chi connectivity index (χ1v) is 7.44. The second kappa shape index (κ2) is 12.3. The van der Waals surface area contributed by atoms with E-state index < -0.39 is 24.0 Å². The third-order valence-electron chi connectivity index (χ3n) is 3.23. The Morgan fingerprint density at radius 1 is 0.720 bits per heavy atom. The average Bonchev–Trinajstić information content (AvgIpc) is 2.57. The second-order valence-electron chi connectivity index (χ2n) is 5.27. The van der Waals surface area contributed by atoms with Crippen molar-refractivity contribution in [2.75, 3.05) is 0 Å². The quantitative estimate of drug-likeness (QED) is 0.546. The van der Waals surface area contributed by atoms with E-state index >= 15 is 0 Å². The molecule has 0 unspecified atom stereocenters. The van der Waals surface area contributed by atoms with Crippen molar-refractivity contribution in [2.45, 2.75) is 24.9 Å². The van der Waals surface area contributed by atoms with Gasteiger partial charge in [-0.05, 0) is 24.0 Å². The summed E-state index contributed by atoms with van der Waals surface area (Å²) in [6.07, 6.45) is 0.770. The molecule has 6 nitrogen and oxygen atoms in total. The van der Waals surface area contributed by atoms with Crippen LogP contribution in [0, 0.1) is 0 Å². The largest absolute Gasteiger partial charge is 0.480 e. The zero-order chi connectivity index (χ0) is 17.9. The third-order valence-corrected chi connectivity index (χ3v) is 3.23. The molecular weight excluding hydrogens is 374 g/mol. The van der Waals surface area contributed by atoms with E-state index in [0.717, 1.165) is 11.1 Å². The molecule has 0 aliphatic rings. The summed E-state index contributed by atoms with van der Waals surface area (Å²) in [5, 5.41) is 17.0. The van der Waals surface area contributed by atoms with Crippen LogP contribution in [0.1, 0.15) is 11.1 Å². The molecule has 0 heterocycles. The van der Waals surface area contributed by atoms with Gasteiger partial charge < -0.3 is 21.7 Å². The number of nitrogens with two attached hydrogens (primary N) is 2. The van der Waals surface area contributed by atoms with Gasteiger partial charge in [-0.2, -0.15) is 0 Å². The second-order valence-corrected chi connectivity index (χ2v) is 5.27. The molecule has 2 rings (SSSR count). The summed E-state index contributed by atoms with van der Waals surface area (Å²) in [6.45, 7) is 0. The number of aliphatic carboxylic acids is 2. The van der Waals surface area contributed by atoms with Gasteiger partial charge in [0.1, 0.15) is 12.1 Å². The van der Waals surface area contributed by atoms with Gasteiger partial charge in [-0.3, -0.25) is 9.59 Å². The molecule has 0 aliphatic carbocycles. The first-order chi connectivity index (χ1) is 11.4. The van der Waals surface area contributed by atoms with Crippen molar-refractivity contribution < 1.29 is 39.3 Å². The van der Waals surface area contributed by atoms with Gasteiger partial charge in [0, 0.05) is 19.5 Å². The Kier molecular flexibility index (Phi) is 11.3. The summed E-state index contributed by atoms with van der Waals surface area (Å²) in [4.78, 5) is 20.8. The zero-order valence-electron chi connectivity index (χ0n) is 13.9. The molecule has 130 valence electrons. The Morgan fingerprint density at radius 2 is 1.00 bits per heavy atom. The summed E-state index contributed by atoms with van der Waals surface area (Å²) in [5.74, 6) is -1.92. The molecule has 0 fully saturated rings. The summed E-state index contributed by atoms with van der Waals surface area (Å²) < 4.78 is 0. The van der Waals surface area contributed by atoms with Gasteiger partial charge in [0.2, 0.25) is 0 Å². The van der Waals surface area contributed by atoms with E-state index in [2.05, 4.69) is 0 Å². The molecule has 0 bridgehead atoms. The minimum atomic E-state index is -0.959. The maximum Gasteiger partial charge on any atom is 0.320 e. The van der Waals surface area contributed by atoms with E-state index in [4.69, 9.17) is 21.7 Å². The monoisotopic (exact) mass is 394 g/mol. The molecule has 0 aliphatic heterocycles. The maximum absolute atomic E-state index is 10.4. The Bertz CT molecular complexity index is 581. The topological polar surface area (TPSA) is 127 Å². The molecule has 0 amide bonds. The normalized spacial score (nSPS) is 11.9. The van der Waals surface area contributed by atoms with Crippen LogP contribution in [0.3, 0.4) is 0 Å². The van der Waals surface area contributed by atoms with E-state index in [9.17, 15) is 9.59 Å². The fourth-order valence-corrected chi connectivity index (χ4v) is 1.91. The molecule has 0 radical (unpaired) electrons. The molecular formula is C18H22N2O4Zn. The number of hydrogen-bond acceptors (Lipinski definition) is 4. The molecule has 0 spiro atoms. The van der Waals surface area contributed by atoms with Crippen LogP contribution in [-0.4, -0.2) is 34.2 Å². The van der Waals surface area contributed by atoms with Gasteiger partial charge in [-0.1, -0.05) is 60.7 Å². The molecule has 6 N–H and O–H groups in total. The standard InChI is InChI=1S/2C9H11NO2.Zn/c2*10-8(9(11)12)6-7-4-2-1-3-5-7;/h2*1-5,8H,6,10H2,(H,11,12);/t2*8-;/m11./s1. The van der Waals surface area contributed by atoms with Crippen LogP contribution in [0.15, 0.2) is 60.7 Å². The number of benzene rings is 2. The van der Waals surface area contributed by atoms with Crippen molar-refractivity contribution in [1.82, 2.24) is 0 Å². The van der Waals surface area contributed by atoms with Crippen molar-refractivity contribution in [3.8, 4) is 0 Å². The summed E-state index contributed by atoms with van der Waals surface area (Å²) >= 11 is 0. The van der Waals surface area contributed by atoms with E-state index in [0.29, 0.717) is 12.8 Å². The maximum atomic E-state index is 10.4. The Labute approximate surface area is 159 Å². The minimum absolute atomic E-state index is 0. The number of carbonyl (C=O) groups is 2. The predicted octanol–water partition coefficient (Wildman–Crippen LogP) is 1.28. The molecule has 0 saturated heterocycles. The third kappa shape index (κ3) is 9.72. The molecule has 7 heteroatoms. The van der Waals surface area contributed by atoms with Crippen LogP contribution >= 0.6 is 0 Å². The number of hydrogen-bond donors (Lipinski definition) is 4. The van der Waals surface area contributed by atoms with Crippen LogP contribution < -0.4 is 11.5 Å². The summed E-state index contributed by atoms with van der Waals surface area (Å²) in [7, 11) is 0. The van der Waals surface area contributed by atoms with Crippen LogP contribution in [0.4, 0.5) is 0 Å². The van der Waals surface area contributed by atoms with Gasteiger partial charge in [0.05, 0.1) is 0 Å². The molecule has 2 aromatic rings. The molecule has 2 atom stereocenters. The number of rotatable bonds is 6. The summed E-state index contributed by atoms with van der Waals surface area (Å²) in [5.41, 5.74) is 12.6. The van der Waals surface area contributed by atoms with E-state index in [1.807, 2.05) is 60.7 Å². The van der Waals surface area contributed by atoms with E-state index in [-0.39, 0.29) is 19.5 Å². The Balaban J connectivity index is 0.000000443. The van der Waals surface area contributed by atoms with Crippen molar-refractivity contribution in [2.24, 2.45) is 11.5 Å². The average molecular weight is 396 g/mol. The minimum Gasteiger partial charge on any atom is -0.480 e. The molecule has 0 aromatic heterocycles. The van der Waals surface area contributed by atoms with E-state index in [1.54, 1.807) is 0 Å². The fraction of sp³-hybridized carbons (Fsp3) is 0.222. The summed E-state index contributed by atoms with van der Waals surface area (Å²) in [6, 6.07) is 17.1. The molecule has 0 saturated carbocycles. The molecule has 2 aromatic carbocycles. The SMILES string of the molecule is N[C@H](Cc1ccccc1)C(=O)O.N[C@H](Cc1ccccc1)C(=O)O.[Zn]. The van der Waals surface area contributed by atoms with Crippen LogP contribution in [0.2, 0.25) is 0 Å². The van der Waals surface area contributed by atoms with Gasteiger partial charge in [-0.25, -0.2) is 0 Å². The van der Waals surface area contributed by atoms with Crippen LogP contribution in [-0.2, 0) is 41.9 Å². The van der Waals surface area contributed by atoms with Crippen molar-refractivity contribution in [3.05, 3.63) is 71.8 Å².